The standard InChI is InChI=1S/C23H26ClN3O5/c24-18-7-5-14(6-8-18)17(10-21(29)27-20(13-28)23(31)32)12-26-22(30)19-9-15-3-1-2-4-16(15)11-25-19/h1-8,17,19-20,25,28H,9-13H2,(H,26,30)(H,27,29)(H,31,32). The van der Waals surface area contributed by atoms with Gasteiger partial charge in [-0.1, -0.05) is 48.0 Å². The Balaban J connectivity index is 1.65. The first-order valence-corrected chi connectivity index (χ1v) is 10.7. The molecule has 0 bridgehead atoms. The first-order chi connectivity index (χ1) is 15.4. The van der Waals surface area contributed by atoms with Crippen LogP contribution in [0.4, 0.5) is 0 Å². The number of hydrogen-bond donors (Lipinski definition) is 5. The molecule has 0 fully saturated rings. The lowest BCUT2D eigenvalue weighted by Crippen LogP contribution is -2.49. The summed E-state index contributed by atoms with van der Waals surface area (Å²) in [5.41, 5.74) is 3.08. The van der Waals surface area contributed by atoms with Crippen LogP contribution in [0, 0.1) is 0 Å². The largest absolute Gasteiger partial charge is 0.480 e. The number of hydrogen-bond acceptors (Lipinski definition) is 5. The molecule has 9 heteroatoms. The number of carboxylic acid groups (broad SMARTS) is 1. The average Bonchev–Trinajstić information content (AvgIpc) is 2.80. The van der Waals surface area contributed by atoms with E-state index >= 15 is 0 Å². The number of nitrogens with one attached hydrogen (secondary N) is 3. The highest BCUT2D eigenvalue weighted by atomic mass is 35.5. The Bertz CT molecular complexity index is 966. The highest BCUT2D eigenvalue weighted by Crippen LogP contribution is 2.22. The molecule has 2 aromatic carbocycles. The topological polar surface area (TPSA) is 128 Å². The van der Waals surface area contributed by atoms with Gasteiger partial charge in [-0.3, -0.25) is 9.59 Å². The van der Waals surface area contributed by atoms with Crippen LogP contribution in [0.15, 0.2) is 48.5 Å². The van der Waals surface area contributed by atoms with Gasteiger partial charge in [-0.15, -0.1) is 0 Å². The summed E-state index contributed by atoms with van der Waals surface area (Å²) in [5, 5.41) is 27.2. The molecule has 3 rings (SSSR count). The van der Waals surface area contributed by atoms with Crippen molar-refractivity contribution in [2.45, 2.75) is 37.4 Å². The van der Waals surface area contributed by atoms with Gasteiger partial charge in [0.25, 0.3) is 0 Å². The molecule has 0 aliphatic carbocycles. The molecule has 0 aromatic heterocycles. The number of halogens is 1. The first-order valence-electron chi connectivity index (χ1n) is 10.3. The quantitative estimate of drug-likeness (QED) is 0.383. The van der Waals surface area contributed by atoms with E-state index in [1.165, 1.54) is 5.56 Å². The van der Waals surface area contributed by atoms with Crippen LogP contribution in [0.25, 0.3) is 0 Å². The second-order valence-corrected chi connectivity index (χ2v) is 8.18. The van der Waals surface area contributed by atoms with E-state index in [1.54, 1.807) is 24.3 Å². The van der Waals surface area contributed by atoms with Crippen molar-refractivity contribution in [2.75, 3.05) is 13.2 Å². The van der Waals surface area contributed by atoms with Gasteiger partial charge in [-0.2, -0.15) is 0 Å². The summed E-state index contributed by atoms with van der Waals surface area (Å²) in [6, 6.07) is 13.1. The molecule has 32 heavy (non-hydrogen) atoms. The molecule has 3 atom stereocenters. The Morgan fingerprint density at radius 1 is 1.09 bits per heavy atom. The van der Waals surface area contributed by atoms with Crippen molar-refractivity contribution in [1.82, 2.24) is 16.0 Å². The molecule has 1 aliphatic rings. The highest BCUT2D eigenvalue weighted by molar-refractivity contribution is 6.30. The third-order valence-corrected chi connectivity index (χ3v) is 5.76. The second-order valence-electron chi connectivity index (χ2n) is 7.74. The minimum absolute atomic E-state index is 0.0629. The third-order valence-electron chi connectivity index (χ3n) is 5.51. The fourth-order valence-electron chi connectivity index (χ4n) is 3.69. The summed E-state index contributed by atoms with van der Waals surface area (Å²) in [5.74, 6) is -2.43. The van der Waals surface area contributed by atoms with Crippen molar-refractivity contribution in [3.05, 3.63) is 70.2 Å². The van der Waals surface area contributed by atoms with Gasteiger partial charge in [-0.25, -0.2) is 4.79 Å². The Labute approximate surface area is 191 Å². The lowest BCUT2D eigenvalue weighted by atomic mass is 9.93. The predicted molar refractivity (Wildman–Crippen MR) is 119 cm³/mol. The lowest BCUT2D eigenvalue weighted by molar-refractivity contribution is -0.143. The molecule has 8 nitrogen and oxygen atoms in total. The zero-order valence-corrected chi connectivity index (χ0v) is 18.1. The minimum atomic E-state index is -1.38. The van der Waals surface area contributed by atoms with Crippen LogP contribution in [0.5, 0.6) is 0 Å². The Hall–Kier alpha value is -2.94. The summed E-state index contributed by atoms with van der Waals surface area (Å²) in [6.07, 6.45) is 0.511. The lowest BCUT2D eigenvalue weighted by Gasteiger charge is -2.26. The van der Waals surface area contributed by atoms with Crippen LogP contribution in [0.2, 0.25) is 5.02 Å². The average molecular weight is 460 g/mol. The van der Waals surface area contributed by atoms with Gasteiger partial charge in [0.15, 0.2) is 0 Å². The van der Waals surface area contributed by atoms with Gasteiger partial charge in [0.2, 0.25) is 11.8 Å². The summed E-state index contributed by atoms with van der Waals surface area (Å²) >= 11 is 5.96. The van der Waals surface area contributed by atoms with Gasteiger partial charge < -0.3 is 26.2 Å². The Morgan fingerprint density at radius 3 is 2.44 bits per heavy atom. The van der Waals surface area contributed by atoms with E-state index in [4.69, 9.17) is 21.8 Å². The van der Waals surface area contributed by atoms with Gasteiger partial charge >= 0.3 is 5.97 Å². The number of aliphatic hydroxyl groups excluding tert-OH is 1. The number of aliphatic carboxylic acids is 1. The van der Waals surface area contributed by atoms with Crippen LogP contribution in [0.3, 0.4) is 0 Å². The number of carboxylic acids is 1. The molecule has 2 amide bonds. The van der Waals surface area contributed by atoms with E-state index in [1.807, 2.05) is 24.3 Å². The first kappa shape index (κ1) is 23.7. The van der Waals surface area contributed by atoms with E-state index in [-0.39, 0.29) is 24.9 Å². The Morgan fingerprint density at radius 2 is 1.78 bits per heavy atom. The van der Waals surface area contributed by atoms with Crippen LogP contribution < -0.4 is 16.0 Å². The summed E-state index contributed by atoms with van der Waals surface area (Å²) in [7, 11) is 0. The molecule has 0 saturated heterocycles. The van der Waals surface area contributed by atoms with Gasteiger partial charge in [0.1, 0.15) is 6.04 Å². The molecule has 0 radical (unpaired) electrons. The summed E-state index contributed by atoms with van der Waals surface area (Å²) < 4.78 is 0. The second kappa shape index (κ2) is 11.1. The van der Waals surface area contributed by atoms with Crippen LogP contribution in [-0.2, 0) is 27.3 Å². The van der Waals surface area contributed by atoms with Crippen LogP contribution in [-0.4, -0.2) is 53.2 Å². The van der Waals surface area contributed by atoms with Gasteiger partial charge in [-0.05, 0) is 35.2 Å². The van der Waals surface area contributed by atoms with Crippen LogP contribution >= 0.6 is 11.6 Å². The van der Waals surface area contributed by atoms with Crippen molar-refractivity contribution in [2.24, 2.45) is 0 Å². The van der Waals surface area contributed by atoms with Crippen molar-refractivity contribution in [1.29, 1.82) is 0 Å². The van der Waals surface area contributed by atoms with E-state index < -0.39 is 30.4 Å². The molecule has 5 N–H and O–H groups in total. The fourth-order valence-corrected chi connectivity index (χ4v) is 3.82. The fraction of sp³-hybridized carbons (Fsp3) is 0.348. The van der Waals surface area contributed by atoms with Gasteiger partial charge in [0.05, 0.1) is 12.6 Å². The normalized spacial score (nSPS) is 17.0. The van der Waals surface area contributed by atoms with Crippen LogP contribution in [0.1, 0.15) is 29.0 Å². The van der Waals surface area contributed by atoms with Gasteiger partial charge in [0, 0.05) is 30.5 Å². The number of fused-ring (bicyclic) bond motifs is 1. The Kier molecular flexibility index (Phi) is 8.21. The highest BCUT2D eigenvalue weighted by Gasteiger charge is 2.26. The SMILES string of the molecule is O=C(CC(CNC(=O)C1Cc2ccccc2CN1)c1ccc(Cl)cc1)NC(CO)C(=O)O. The summed E-state index contributed by atoms with van der Waals surface area (Å²) in [4.78, 5) is 36.3. The molecule has 170 valence electrons. The van der Waals surface area contributed by atoms with Crippen molar-refractivity contribution < 1.29 is 24.6 Å². The number of carbonyl (C=O) groups excluding carboxylic acids is 2. The van der Waals surface area contributed by atoms with E-state index in [9.17, 15) is 14.4 Å². The minimum Gasteiger partial charge on any atom is -0.480 e. The molecular weight excluding hydrogens is 434 g/mol. The number of carbonyl (C=O) groups is 3. The molecular formula is C23H26ClN3O5. The summed E-state index contributed by atoms with van der Waals surface area (Å²) in [6.45, 7) is 0.0812. The van der Waals surface area contributed by atoms with E-state index in [0.717, 1.165) is 11.1 Å². The number of rotatable bonds is 9. The molecule has 1 aliphatic heterocycles. The number of benzene rings is 2. The number of amides is 2. The monoisotopic (exact) mass is 459 g/mol. The molecule has 1 heterocycles. The maximum atomic E-state index is 12.8. The zero-order chi connectivity index (χ0) is 23.1. The maximum absolute atomic E-state index is 12.8. The maximum Gasteiger partial charge on any atom is 0.328 e. The number of aliphatic hydroxyl groups is 1. The molecule has 3 unspecified atom stereocenters. The van der Waals surface area contributed by atoms with Crippen molar-refractivity contribution in [3.8, 4) is 0 Å². The molecule has 0 spiro atoms. The molecule has 2 aromatic rings. The molecule has 0 saturated carbocycles. The van der Waals surface area contributed by atoms with Crippen molar-refractivity contribution >= 4 is 29.4 Å². The van der Waals surface area contributed by atoms with E-state index in [0.29, 0.717) is 18.0 Å². The van der Waals surface area contributed by atoms with E-state index in [2.05, 4.69) is 16.0 Å². The smallest absolute Gasteiger partial charge is 0.328 e. The zero-order valence-electron chi connectivity index (χ0n) is 17.4. The predicted octanol–water partition coefficient (Wildman–Crippen LogP) is 1.21. The third kappa shape index (κ3) is 6.29. The van der Waals surface area contributed by atoms with Crippen molar-refractivity contribution in [3.63, 3.8) is 0 Å².